The van der Waals surface area contributed by atoms with Gasteiger partial charge in [0.25, 0.3) is 5.91 Å². The summed E-state index contributed by atoms with van der Waals surface area (Å²) in [4.78, 5) is 60.6. The molecule has 2 heterocycles. The van der Waals surface area contributed by atoms with E-state index in [1.807, 2.05) is 86.5 Å². The number of carbonyl (C=O) groups is 4. The Balaban J connectivity index is 1.13. The number of benzene rings is 4. The number of carbonyl (C=O) groups excluding carboxylic acids is 4. The minimum atomic E-state index is -3.99. The van der Waals surface area contributed by atoms with Gasteiger partial charge < -0.3 is 43.3 Å². The summed E-state index contributed by atoms with van der Waals surface area (Å²) in [6, 6.07) is 30.9. The van der Waals surface area contributed by atoms with Crippen molar-refractivity contribution in [2.75, 3.05) is 38.4 Å². The first kappa shape index (κ1) is 48.1. The summed E-state index contributed by atoms with van der Waals surface area (Å²) in [5, 5.41) is 6.58. The van der Waals surface area contributed by atoms with E-state index in [1.165, 1.54) is 6.07 Å². The van der Waals surface area contributed by atoms with Gasteiger partial charge in [-0.05, 0) is 79.4 Å². The first-order valence-corrected chi connectivity index (χ1v) is 23.4. The molecule has 0 saturated carbocycles. The third-order valence-corrected chi connectivity index (χ3v) is 12.7. The number of furan rings is 1. The van der Waals surface area contributed by atoms with Gasteiger partial charge in [0.1, 0.15) is 23.9 Å². The maximum Gasteiger partial charge on any atom is 0.363 e. The van der Waals surface area contributed by atoms with Crippen LogP contribution in [0.5, 0.6) is 11.5 Å². The summed E-state index contributed by atoms with van der Waals surface area (Å²) in [6.07, 6.45) is 3.54. The van der Waals surface area contributed by atoms with Crippen LogP contribution in [0.15, 0.2) is 114 Å². The summed E-state index contributed by atoms with van der Waals surface area (Å²) in [7, 11) is -2.07. The van der Waals surface area contributed by atoms with E-state index in [0.29, 0.717) is 62.5 Å². The minimum absolute atomic E-state index is 0.0220. The van der Waals surface area contributed by atoms with Crippen LogP contribution in [0.2, 0.25) is 0 Å². The van der Waals surface area contributed by atoms with Crippen LogP contribution in [-0.4, -0.2) is 68.8 Å². The number of nitrogens with zero attached hydrogens (tertiary/aromatic N) is 2. The number of amides is 3. The molecule has 1 aliphatic heterocycles. The molecule has 0 spiro atoms. The number of unbranched alkanes of at least 4 members (excludes halogenated alkanes) is 2. The fourth-order valence-corrected chi connectivity index (χ4v) is 8.98. The van der Waals surface area contributed by atoms with Gasteiger partial charge in [-0.3, -0.25) is 18.9 Å². The number of likely N-dealkylation sites (N-methyl/N-ethyl adjacent to an activating group) is 1. The molecule has 6 rings (SSSR count). The van der Waals surface area contributed by atoms with Crippen LogP contribution in [-0.2, 0) is 41.3 Å². The predicted molar refractivity (Wildman–Crippen MR) is 246 cm³/mol. The number of hydrogen-bond donors (Lipinski definition) is 2. The lowest BCUT2D eigenvalue weighted by atomic mass is 9.90. The first-order chi connectivity index (χ1) is 31.5. The van der Waals surface area contributed by atoms with Crippen molar-refractivity contribution in [3.8, 4) is 22.8 Å². The normalized spacial score (nSPS) is 13.1. The van der Waals surface area contributed by atoms with Crippen LogP contribution in [0.3, 0.4) is 0 Å². The predicted octanol–water partition coefficient (Wildman–Crippen LogP) is 8.43. The summed E-state index contributed by atoms with van der Waals surface area (Å²) < 4.78 is 44.5. The van der Waals surface area contributed by atoms with Crippen molar-refractivity contribution in [1.82, 2.24) is 15.7 Å². The Morgan fingerprint density at radius 3 is 2.22 bits per heavy atom. The van der Waals surface area contributed by atoms with Gasteiger partial charge in [-0.25, -0.2) is 4.79 Å². The summed E-state index contributed by atoms with van der Waals surface area (Å²) in [6.45, 7) is 6.94. The minimum Gasteiger partial charge on any atom is -0.494 e. The van der Waals surface area contributed by atoms with E-state index >= 15 is 0 Å². The molecule has 3 amide bonds. The molecule has 0 aliphatic carbocycles. The highest BCUT2D eigenvalue weighted by Gasteiger charge is 2.34. The first-order valence-electron chi connectivity index (χ1n) is 21.9. The number of hydroxylamine groups is 2. The Kier molecular flexibility index (Phi) is 17.4. The zero-order valence-corrected chi connectivity index (χ0v) is 38.1. The van der Waals surface area contributed by atoms with Crippen molar-refractivity contribution >= 4 is 42.8 Å². The van der Waals surface area contributed by atoms with Crippen molar-refractivity contribution in [1.29, 1.82) is 0 Å². The van der Waals surface area contributed by atoms with Gasteiger partial charge in [-0.2, -0.15) is 5.06 Å². The molecule has 1 aliphatic rings. The molecule has 0 fully saturated rings. The molecule has 344 valence electrons. The maximum absolute atomic E-state index is 14.7. The second-order valence-corrected chi connectivity index (χ2v) is 17.5. The molecular weight excluding hydrogens is 852 g/mol. The highest BCUT2D eigenvalue weighted by atomic mass is 31.2. The third kappa shape index (κ3) is 12.9. The Bertz CT molecular complexity index is 2360. The van der Waals surface area contributed by atoms with Crippen LogP contribution in [0.4, 0.5) is 5.69 Å². The number of rotatable bonds is 24. The van der Waals surface area contributed by atoms with E-state index in [0.717, 1.165) is 34.7 Å². The van der Waals surface area contributed by atoms with Crippen molar-refractivity contribution in [3.63, 3.8) is 0 Å². The number of nitrogens with one attached hydrogen (secondary N) is 2. The quantitative estimate of drug-likeness (QED) is 0.0199. The van der Waals surface area contributed by atoms with E-state index in [2.05, 4.69) is 10.6 Å². The second kappa shape index (κ2) is 23.5. The smallest absolute Gasteiger partial charge is 0.363 e. The van der Waals surface area contributed by atoms with Crippen LogP contribution in [0, 0.1) is 5.92 Å². The van der Waals surface area contributed by atoms with Crippen molar-refractivity contribution in [3.05, 3.63) is 132 Å². The zero-order chi connectivity index (χ0) is 46.2. The van der Waals surface area contributed by atoms with Gasteiger partial charge in [0.05, 0.1) is 61.5 Å². The molecule has 0 unspecified atom stereocenters. The van der Waals surface area contributed by atoms with Crippen molar-refractivity contribution < 1.29 is 51.5 Å². The fraction of sp³-hybridized carbons (Fsp3) is 0.347. The van der Waals surface area contributed by atoms with Gasteiger partial charge in [0.2, 0.25) is 12.3 Å². The van der Waals surface area contributed by atoms with Crippen LogP contribution < -0.4 is 30.3 Å². The largest absolute Gasteiger partial charge is 0.494 e. The summed E-state index contributed by atoms with van der Waals surface area (Å²) >= 11 is 0. The van der Waals surface area contributed by atoms with E-state index in [-0.39, 0.29) is 42.3 Å². The molecule has 16 heteroatoms. The topological polar surface area (TPSA) is 175 Å². The molecule has 15 nitrogen and oxygen atoms in total. The zero-order valence-electron chi connectivity index (χ0n) is 37.2. The number of anilines is 1. The molecule has 1 aromatic heterocycles. The summed E-state index contributed by atoms with van der Waals surface area (Å²) in [5.74, 6) is -1.44. The highest BCUT2D eigenvalue weighted by Crippen LogP contribution is 2.50. The molecule has 0 saturated heterocycles. The average Bonchev–Trinajstić information content (AvgIpc) is 3.84. The van der Waals surface area contributed by atoms with Crippen LogP contribution in [0.25, 0.3) is 11.3 Å². The van der Waals surface area contributed by atoms with Crippen LogP contribution >= 0.6 is 7.60 Å². The molecule has 2 atom stereocenters. The van der Waals surface area contributed by atoms with Gasteiger partial charge >= 0.3 is 13.6 Å². The standard InChI is InChI=1S/C49H57N4O11P/c1-5-8-11-20-41(42(6-2)53(34-54)64-49(57)37-21-22-43-46(29-37)60-26-25-52(43)4)47(55)50-33-51-48(56)45-24-23-44(63-45)38-27-39(59-7-3)30-40(28-38)65(58,61-31-35-16-12-9-13-17-35)62-32-36-18-14-10-15-19-36/h9-10,12-19,21-24,27-30,34,41-42H,5-8,11,20,25-26,31-33H2,1-4H3,(H,50,55)(H,51,56)/t41-,42-/m1/s1. The van der Waals surface area contributed by atoms with Gasteiger partial charge in [-0.15, -0.1) is 0 Å². The lowest BCUT2D eigenvalue weighted by Crippen LogP contribution is -2.49. The van der Waals surface area contributed by atoms with E-state index < -0.39 is 37.3 Å². The number of hydrogen-bond acceptors (Lipinski definition) is 12. The third-order valence-electron chi connectivity index (χ3n) is 10.9. The SMILES string of the molecule is CCCCC[C@@H](C(=O)NCNC(=O)c1ccc(-c2cc(OCC)cc(P(=O)(OCc3ccccc3)OCc3ccccc3)c2)o1)[C@@H](CC)N(C=O)OC(=O)c1ccc2c(c1)OCCN2C. The van der Waals surface area contributed by atoms with Gasteiger partial charge in [0.15, 0.2) is 5.76 Å². The Morgan fingerprint density at radius 1 is 0.862 bits per heavy atom. The maximum atomic E-state index is 14.7. The van der Waals surface area contributed by atoms with E-state index in [4.69, 9.17) is 27.8 Å². The highest BCUT2D eigenvalue weighted by molar-refractivity contribution is 7.62. The van der Waals surface area contributed by atoms with Gasteiger partial charge in [0, 0.05) is 12.6 Å². The molecule has 0 radical (unpaired) electrons. The number of fused-ring (bicyclic) bond motifs is 1. The average molecular weight is 909 g/mol. The van der Waals surface area contributed by atoms with Crippen LogP contribution in [0.1, 0.15) is 84.9 Å². The molecule has 0 bridgehead atoms. The molecular formula is C49H57N4O11P. The lowest BCUT2D eigenvalue weighted by Gasteiger charge is -2.32. The second-order valence-electron chi connectivity index (χ2n) is 15.4. The van der Waals surface area contributed by atoms with Crippen molar-refractivity contribution in [2.45, 2.75) is 72.1 Å². The number of ether oxygens (including phenoxy) is 2. The molecule has 5 aromatic rings. The Morgan fingerprint density at radius 2 is 1.57 bits per heavy atom. The van der Waals surface area contributed by atoms with E-state index in [9.17, 15) is 23.7 Å². The molecule has 4 aromatic carbocycles. The molecule has 65 heavy (non-hydrogen) atoms. The summed E-state index contributed by atoms with van der Waals surface area (Å²) in [5.41, 5.74) is 3.10. The Hall–Kier alpha value is -6.41. The monoisotopic (exact) mass is 908 g/mol. The molecule has 2 N–H and O–H groups in total. The fourth-order valence-electron chi connectivity index (χ4n) is 7.39. The van der Waals surface area contributed by atoms with Gasteiger partial charge in [-0.1, -0.05) is 93.8 Å². The Labute approximate surface area is 379 Å². The van der Waals surface area contributed by atoms with E-state index in [1.54, 1.807) is 49.4 Å². The van der Waals surface area contributed by atoms with Crippen molar-refractivity contribution in [2.24, 2.45) is 5.92 Å². The lowest BCUT2D eigenvalue weighted by molar-refractivity contribution is -0.171.